The molecule has 3 saturated heterocycles. The predicted molar refractivity (Wildman–Crippen MR) is 122 cm³/mol. The van der Waals surface area contributed by atoms with Crippen LogP contribution >= 0.6 is 0 Å². The lowest BCUT2D eigenvalue weighted by molar-refractivity contribution is 0.102. The molecule has 3 aliphatic rings. The van der Waals surface area contributed by atoms with Crippen molar-refractivity contribution in [3.8, 4) is 16.9 Å². The maximum atomic E-state index is 13.1. The van der Waals surface area contributed by atoms with Crippen LogP contribution in [0.3, 0.4) is 0 Å². The topological polar surface area (TPSA) is 58.6 Å². The van der Waals surface area contributed by atoms with Crippen molar-refractivity contribution < 1.29 is 13.2 Å². The SMILES string of the molecule is COc1ccc(-c2ccc(C3[C@@H]4CN(S(=O)(=O)c5cccc(C)c5)C[C@H]3N4)cc2)cc1. The molecule has 3 aromatic rings. The van der Waals surface area contributed by atoms with Crippen molar-refractivity contribution in [3.05, 3.63) is 83.9 Å². The van der Waals surface area contributed by atoms with Gasteiger partial charge < -0.3 is 10.1 Å². The third-order valence-corrected chi connectivity index (χ3v) is 8.27. The highest BCUT2D eigenvalue weighted by atomic mass is 32.2. The van der Waals surface area contributed by atoms with Gasteiger partial charge >= 0.3 is 0 Å². The zero-order valence-electron chi connectivity index (χ0n) is 17.7. The minimum absolute atomic E-state index is 0.144. The summed E-state index contributed by atoms with van der Waals surface area (Å²) >= 11 is 0. The maximum absolute atomic E-state index is 13.1. The Labute approximate surface area is 183 Å². The normalized spacial score (nSPS) is 23.2. The summed E-state index contributed by atoms with van der Waals surface area (Å²) < 4.78 is 33.0. The van der Waals surface area contributed by atoms with Crippen LogP contribution in [0.5, 0.6) is 5.75 Å². The van der Waals surface area contributed by atoms with Crippen molar-refractivity contribution in [2.75, 3.05) is 20.2 Å². The molecule has 0 amide bonds. The van der Waals surface area contributed by atoms with Crippen LogP contribution in [0, 0.1) is 6.92 Å². The van der Waals surface area contributed by atoms with Crippen molar-refractivity contribution >= 4 is 10.0 Å². The first kappa shape index (κ1) is 20.2. The summed E-state index contributed by atoms with van der Waals surface area (Å²) in [5.74, 6) is 1.19. The quantitative estimate of drug-likeness (QED) is 0.664. The van der Waals surface area contributed by atoms with E-state index >= 15 is 0 Å². The van der Waals surface area contributed by atoms with Gasteiger partial charge in [-0.15, -0.1) is 0 Å². The maximum Gasteiger partial charge on any atom is 0.243 e. The minimum atomic E-state index is -3.46. The molecule has 1 unspecified atom stereocenters. The van der Waals surface area contributed by atoms with Gasteiger partial charge in [0.1, 0.15) is 5.75 Å². The lowest BCUT2D eigenvalue weighted by Gasteiger charge is -2.54. The van der Waals surface area contributed by atoms with Gasteiger partial charge in [-0.05, 0) is 53.4 Å². The molecule has 1 N–H and O–H groups in total. The van der Waals surface area contributed by atoms with Gasteiger partial charge in [0.2, 0.25) is 10.0 Å². The highest BCUT2D eigenvalue weighted by Gasteiger charge is 2.49. The standard InChI is InChI=1S/C25H26N2O3S/c1-17-4-3-5-22(14-17)31(28,29)27-15-23-25(24(16-27)26-23)20-8-6-18(7-9-20)19-10-12-21(30-2)13-11-19/h3-14,23-26H,15-16H2,1-2H3/t23-,24+,25?. The molecule has 0 radical (unpaired) electrons. The van der Waals surface area contributed by atoms with E-state index < -0.39 is 10.0 Å². The highest BCUT2D eigenvalue weighted by Crippen LogP contribution is 2.39. The molecular formula is C25H26N2O3S. The summed E-state index contributed by atoms with van der Waals surface area (Å²) in [6, 6.07) is 24.1. The Morgan fingerprint density at radius 2 is 1.52 bits per heavy atom. The smallest absolute Gasteiger partial charge is 0.243 e. The number of ether oxygens (including phenoxy) is 1. The number of nitrogens with one attached hydrogen (secondary N) is 1. The Morgan fingerprint density at radius 1 is 0.903 bits per heavy atom. The largest absolute Gasteiger partial charge is 0.497 e. The molecule has 0 aliphatic carbocycles. The molecule has 0 spiro atoms. The Hall–Kier alpha value is -2.67. The first-order valence-corrected chi connectivity index (χ1v) is 12.0. The van der Waals surface area contributed by atoms with Crippen LogP contribution in [0.4, 0.5) is 0 Å². The number of hydrogen-bond donors (Lipinski definition) is 1. The molecule has 0 aromatic heterocycles. The van der Waals surface area contributed by atoms with E-state index in [1.807, 2.05) is 25.1 Å². The van der Waals surface area contributed by atoms with Crippen LogP contribution in [0.1, 0.15) is 17.0 Å². The summed E-state index contributed by atoms with van der Waals surface area (Å²) in [6.45, 7) is 2.91. The molecule has 3 aliphatic heterocycles. The average Bonchev–Trinajstić information content (AvgIpc) is 2.80. The fraction of sp³-hybridized carbons (Fsp3) is 0.280. The third kappa shape index (κ3) is 3.65. The number of methoxy groups -OCH3 is 1. The van der Waals surface area contributed by atoms with Crippen LogP contribution in [0.25, 0.3) is 11.1 Å². The Balaban J connectivity index is 1.31. The summed E-state index contributed by atoms with van der Waals surface area (Å²) in [5.41, 5.74) is 4.53. The van der Waals surface area contributed by atoms with Gasteiger partial charge in [-0.1, -0.05) is 48.5 Å². The molecule has 31 heavy (non-hydrogen) atoms. The molecule has 5 nitrogen and oxygen atoms in total. The number of piperidine rings is 1. The second-order valence-corrected chi connectivity index (χ2v) is 10.3. The molecule has 160 valence electrons. The molecule has 3 fully saturated rings. The monoisotopic (exact) mass is 434 g/mol. The number of fused-ring (bicyclic) bond motifs is 2. The van der Waals surface area contributed by atoms with Crippen molar-refractivity contribution in [1.82, 2.24) is 9.62 Å². The number of benzene rings is 3. The number of nitrogens with zero attached hydrogens (tertiary/aromatic N) is 1. The number of hydrogen-bond acceptors (Lipinski definition) is 4. The average molecular weight is 435 g/mol. The van der Waals surface area contributed by atoms with Crippen LogP contribution in [-0.4, -0.2) is 45.0 Å². The molecule has 3 heterocycles. The molecule has 0 saturated carbocycles. The lowest BCUT2D eigenvalue weighted by atomic mass is 9.75. The summed E-state index contributed by atoms with van der Waals surface area (Å²) in [6.07, 6.45) is 0. The highest BCUT2D eigenvalue weighted by molar-refractivity contribution is 7.89. The van der Waals surface area contributed by atoms with Crippen molar-refractivity contribution in [3.63, 3.8) is 0 Å². The van der Waals surface area contributed by atoms with Crippen LogP contribution in [-0.2, 0) is 10.0 Å². The summed E-state index contributed by atoms with van der Waals surface area (Å²) in [7, 11) is -1.79. The fourth-order valence-corrected chi connectivity index (χ4v) is 6.35. The molecule has 3 aromatic carbocycles. The van der Waals surface area contributed by atoms with E-state index in [0.29, 0.717) is 23.9 Å². The van der Waals surface area contributed by atoms with E-state index in [1.165, 1.54) is 5.56 Å². The van der Waals surface area contributed by atoms with Crippen molar-refractivity contribution in [2.45, 2.75) is 29.8 Å². The Morgan fingerprint density at radius 3 is 2.10 bits per heavy atom. The third-order valence-electron chi connectivity index (χ3n) is 6.44. The number of piperazine rings is 1. The van der Waals surface area contributed by atoms with E-state index in [9.17, 15) is 8.42 Å². The van der Waals surface area contributed by atoms with Gasteiger partial charge in [0, 0.05) is 31.1 Å². The summed E-state index contributed by atoms with van der Waals surface area (Å²) in [4.78, 5) is 0.384. The summed E-state index contributed by atoms with van der Waals surface area (Å²) in [5, 5.41) is 3.53. The first-order valence-electron chi connectivity index (χ1n) is 10.5. The van der Waals surface area contributed by atoms with Gasteiger partial charge in [0.05, 0.1) is 12.0 Å². The molecular weight excluding hydrogens is 408 g/mol. The van der Waals surface area contributed by atoms with E-state index in [4.69, 9.17) is 4.74 Å². The molecule has 3 atom stereocenters. The lowest BCUT2D eigenvalue weighted by Crippen LogP contribution is -2.72. The Bertz CT molecular complexity index is 1180. The van der Waals surface area contributed by atoms with E-state index in [0.717, 1.165) is 22.4 Å². The Kier molecular flexibility index (Phi) is 5.08. The van der Waals surface area contributed by atoms with E-state index in [-0.39, 0.29) is 12.1 Å². The van der Waals surface area contributed by atoms with Crippen LogP contribution in [0.2, 0.25) is 0 Å². The van der Waals surface area contributed by atoms with Crippen molar-refractivity contribution in [1.29, 1.82) is 0 Å². The predicted octanol–water partition coefficient (Wildman–Crippen LogP) is 3.80. The van der Waals surface area contributed by atoms with Gasteiger partial charge in [-0.3, -0.25) is 0 Å². The first-order chi connectivity index (χ1) is 15.0. The van der Waals surface area contributed by atoms with Gasteiger partial charge in [0.15, 0.2) is 0 Å². The number of rotatable bonds is 5. The zero-order chi connectivity index (χ0) is 21.6. The zero-order valence-corrected chi connectivity index (χ0v) is 18.5. The van der Waals surface area contributed by atoms with E-state index in [1.54, 1.807) is 29.6 Å². The fourth-order valence-electron chi connectivity index (χ4n) is 4.76. The van der Waals surface area contributed by atoms with Crippen LogP contribution in [0.15, 0.2) is 77.7 Å². The van der Waals surface area contributed by atoms with Gasteiger partial charge in [-0.2, -0.15) is 4.31 Å². The molecule has 2 bridgehead atoms. The van der Waals surface area contributed by atoms with Crippen LogP contribution < -0.4 is 10.1 Å². The van der Waals surface area contributed by atoms with Gasteiger partial charge in [0.25, 0.3) is 0 Å². The van der Waals surface area contributed by atoms with E-state index in [2.05, 4.69) is 41.7 Å². The minimum Gasteiger partial charge on any atom is -0.497 e. The number of aryl methyl sites for hydroxylation is 1. The van der Waals surface area contributed by atoms with Gasteiger partial charge in [-0.25, -0.2) is 8.42 Å². The molecule has 6 rings (SSSR count). The second-order valence-electron chi connectivity index (χ2n) is 8.39. The molecule has 6 heteroatoms. The van der Waals surface area contributed by atoms with Crippen molar-refractivity contribution in [2.24, 2.45) is 0 Å². The second kappa shape index (κ2) is 7.79. The number of sulfonamides is 1.